The molecule has 4 aliphatic rings. The molecule has 1 N–H and O–H groups in total. The van der Waals surface area contributed by atoms with Crippen LogP contribution in [0.3, 0.4) is 0 Å². The van der Waals surface area contributed by atoms with E-state index in [0.717, 1.165) is 0 Å². The maximum atomic E-state index is 12.5. The minimum absolute atomic E-state index is 1.83. The Bertz CT molecular complexity index is 1100. The summed E-state index contributed by atoms with van der Waals surface area (Å²) in [6.07, 6.45) is 0. The van der Waals surface area contributed by atoms with Crippen LogP contribution in [0, 0.1) is 0 Å². The summed E-state index contributed by atoms with van der Waals surface area (Å²) in [7, 11) is -54.7. The van der Waals surface area contributed by atoms with Crippen LogP contribution in [-0.2, 0) is 78.2 Å². The molecule has 4 heterocycles. The Balaban J connectivity index is 2.21. The molecular formula is C16H58O20Si16. The zero-order valence-electron chi connectivity index (χ0n) is 32.9. The van der Waals surface area contributed by atoms with Crippen molar-refractivity contribution in [2.75, 3.05) is 0 Å². The maximum Gasteiger partial charge on any atom is 0.654 e. The predicted molar refractivity (Wildman–Crippen MR) is 221 cm³/mol. The number of fused-ring (bicyclic) bond motifs is 4. The van der Waals surface area contributed by atoms with Gasteiger partial charge in [0.05, 0.1) is 0 Å². The Morgan fingerprint density at radius 1 is 0.327 bits per heavy atom. The van der Waals surface area contributed by atoms with E-state index in [4.69, 9.17) is 78.2 Å². The van der Waals surface area contributed by atoms with Crippen molar-refractivity contribution in [2.45, 2.75) is 105 Å². The lowest BCUT2D eigenvalue weighted by Crippen LogP contribution is -2.87. The van der Waals surface area contributed by atoms with Crippen molar-refractivity contribution in [3.8, 4) is 0 Å². The molecule has 20 nitrogen and oxygen atoms in total. The van der Waals surface area contributed by atoms with Crippen LogP contribution in [0.1, 0.15) is 0 Å². The van der Waals surface area contributed by atoms with E-state index in [0.29, 0.717) is 0 Å². The average Bonchev–Trinajstić information content (AvgIpc) is 2.80. The molecule has 52 heavy (non-hydrogen) atoms. The SMILES string of the molecule is C[SiH](C)O[SiH]1O[Si]2(O[SiH](C)C)O[Si]3(O[SiH](C)C)O[Si](O)(O[SiH](C)C)O[Si]4(O[SiH](C)C)O[Si](O[SiH](C)C)(O1)O[Si](O[SiH](C)C)(O2)O[Si](O[SiH](C)C)(O3)O4. The highest BCUT2D eigenvalue weighted by Gasteiger charge is 2.86. The van der Waals surface area contributed by atoms with Crippen LogP contribution in [0.25, 0.3) is 0 Å². The monoisotopic (exact) mass is 1020 g/mol. The molecule has 0 aromatic heterocycles. The van der Waals surface area contributed by atoms with E-state index < -0.39 is 145 Å². The quantitative estimate of drug-likeness (QED) is 0.185. The molecule has 0 aliphatic carbocycles. The second kappa shape index (κ2) is 18.1. The fourth-order valence-electron chi connectivity index (χ4n) is 4.85. The van der Waals surface area contributed by atoms with Crippen LogP contribution in [-0.4, -0.2) is 150 Å². The first kappa shape index (κ1) is 47.3. The summed E-state index contributed by atoms with van der Waals surface area (Å²) in [6, 6.07) is 0. The van der Waals surface area contributed by atoms with Crippen LogP contribution < -0.4 is 0 Å². The smallest absolute Gasteiger partial charge is 0.422 e. The Morgan fingerprint density at radius 3 is 0.808 bits per heavy atom. The molecule has 0 radical (unpaired) electrons. The van der Waals surface area contributed by atoms with Crippen molar-refractivity contribution in [3.63, 3.8) is 0 Å². The summed E-state index contributed by atoms with van der Waals surface area (Å²) in [5.41, 5.74) is 0. The van der Waals surface area contributed by atoms with Crippen LogP contribution in [0.5, 0.6) is 0 Å². The molecule has 4 aliphatic heterocycles. The third-order valence-corrected chi connectivity index (χ3v) is 52.1. The van der Waals surface area contributed by atoms with Gasteiger partial charge in [0.15, 0.2) is 72.3 Å². The summed E-state index contributed by atoms with van der Waals surface area (Å²) in [6.45, 7) is 30.3. The van der Waals surface area contributed by atoms with E-state index in [1.165, 1.54) is 0 Å². The third-order valence-electron chi connectivity index (χ3n) is 5.79. The first-order chi connectivity index (χ1) is 23.8. The summed E-state index contributed by atoms with van der Waals surface area (Å²) < 4.78 is 128. The van der Waals surface area contributed by atoms with Gasteiger partial charge in [0.25, 0.3) is 0 Å². The Labute approximate surface area is 330 Å². The first-order valence-electron chi connectivity index (χ1n) is 17.6. The van der Waals surface area contributed by atoms with Gasteiger partial charge in [-0.05, 0) is 105 Å². The molecule has 36 heteroatoms. The highest BCUT2D eigenvalue weighted by molar-refractivity contribution is 6.98. The van der Waals surface area contributed by atoms with Crippen LogP contribution in [0.2, 0.25) is 105 Å². The second-order valence-electron chi connectivity index (χ2n) is 14.3. The summed E-state index contributed by atoms with van der Waals surface area (Å²) in [4.78, 5) is 12.5. The van der Waals surface area contributed by atoms with E-state index in [1.54, 1.807) is 0 Å². The van der Waals surface area contributed by atoms with Crippen LogP contribution in [0.4, 0.5) is 0 Å². The van der Waals surface area contributed by atoms with Gasteiger partial charge < -0.3 is 83.0 Å². The highest BCUT2D eigenvalue weighted by atomic mass is 28.7. The average molecular weight is 1020 g/mol. The number of hydrogen-bond donors (Lipinski definition) is 1. The zero-order chi connectivity index (χ0) is 39.1. The number of rotatable bonds is 16. The lowest BCUT2D eigenvalue weighted by Gasteiger charge is -2.55. The second-order valence-corrected chi connectivity index (χ2v) is 55.6. The maximum absolute atomic E-state index is 12.5. The Morgan fingerprint density at radius 2 is 0.558 bits per heavy atom. The first-order valence-corrected chi connectivity index (χ1v) is 52.7. The van der Waals surface area contributed by atoms with E-state index in [2.05, 4.69) is 0 Å². The molecule has 4 atom stereocenters. The highest BCUT2D eigenvalue weighted by Crippen LogP contribution is 2.46. The molecule has 4 unspecified atom stereocenters. The van der Waals surface area contributed by atoms with E-state index in [-0.39, 0.29) is 0 Å². The molecule has 4 rings (SSSR count). The van der Waals surface area contributed by atoms with E-state index in [1.807, 2.05) is 105 Å². The fourth-order valence-corrected chi connectivity index (χ4v) is 61.3. The minimum Gasteiger partial charge on any atom is -0.422 e. The predicted octanol–water partition coefficient (Wildman–Crippen LogP) is -1.02. The van der Waals surface area contributed by atoms with Gasteiger partial charge >= 0.3 is 72.9 Å². The van der Waals surface area contributed by atoms with Crippen molar-refractivity contribution in [2.24, 2.45) is 0 Å². The van der Waals surface area contributed by atoms with Gasteiger partial charge in [-0.25, -0.2) is 0 Å². The van der Waals surface area contributed by atoms with Gasteiger partial charge in [0.2, 0.25) is 0 Å². The molecule has 0 aromatic carbocycles. The topological polar surface area (TPSA) is 196 Å². The molecule has 4 fully saturated rings. The summed E-state index contributed by atoms with van der Waals surface area (Å²) >= 11 is 0. The van der Waals surface area contributed by atoms with Gasteiger partial charge in [-0.2, -0.15) is 0 Å². The molecule has 0 aromatic rings. The van der Waals surface area contributed by atoms with Crippen LogP contribution in [0.15, 0.2) is 0 Å². The number of hydrogen-bond acceptors (Lipinski definition) is 20. The Hall–Kier alpha value is 2.67. The normalized spacial score (nSPS) is 40.0. The molecular weight excluding hydrogens is 962 g/mol. The van der Waals surface area contributed by atoms with E-state index >= 15 is 0 Å². The largest absolute Gasteiger partial charge is 0.654 e. The zero-order valence-corrected chi connectivity index (χ0v) is 50.3. The fraction of sp³-hybridized carbons (Fsp3) is 1.00. The van der Waals surface area contributed by atoms with Gasteiger partial charge in [-0.1, -0.05) is 0 Å². The van der Waals surface area contributed by atoms with Gasteiger partial charge in [0, 0.05) is 0 Å². The molecule has 0 saturated carbocycles. The summed E-state index contributed by atoms with van der Waals surface area (Å²) in [5, 5.41) is 0. The van der Waals surface area contributed by atoms with Gasteiger partial charge in [-0.15, -0.1) is 0 Å². The third kappa shape index (κ3) is 12.6. The van der Waals surface area contributed by atoms with Crippen molar-refractivity contribution >= 4 is 145 Å². The van der Waals surface area contributed by atoms with E-state index in [9.17, 15) is 4.80 Å². The molecule has 306 valence electrons. The van der Waals surface area contributed by atoms with Gasteiger partial charge in [-0.3, -0.25) is 0 Å². The lowest BCUT2D eigenvalue weighted by atomic mass is 11.9. The molecule has 4 saturated heterocycles. The lowest BCUT2D eigenvalue weighted by molar-refractivity contribution is -0.0982. The minimum atomic E-state index is -5.01. The van der Waals surface area contributed by atoms with Crippen molar-refractivity contribution < 1.29 is 83.0 Å². The van der Waals surface area contributed by atoms with Crippen LogP contribution >= 0.6 is 0 Å². The van der Waals surface area contributed by atoms with Crippen molar-refractivity contribution in [1.82, 2.24) is 0 Å². The Kier molecular flexibility index (Phi) is 16.5. The van der Waals surface area contributed by atoms with Crippen molar-refractivity contribution in [3.05, 3.63) is 0 Å². The van der Waals surface area contributed by atoms with Crippen molar-refractivity contribution in [1.29, 1.82) is 0 Å². The standard InChI is InChI=1S/C16H58O20Si16/c1-37(2)18-45-26-47(20-39(5)6)30-49(22-41(9)10)28-46(17,19-38(3)4)29-50(23-42(11)12)31-48(27-45,21-40(7)8)33-51(32-47,24-43(13)14)36-52(34-49,35-50)25-44(15)16/h17,37-45H,1-16H3. The summed E-state index contributed by atoms with van der Waals surface area (Å²) in [5.74, 6) is 0. The van der Waals surface area contributed by atoms with Gasteiger partial charge in [0.1, 0.15) is 0 Å². The molecule has 0 amide bonds. The molecule has 0 spiro atoms. The molecule has 6 bridgehead atoms.